The van der Waals surface area contributed by atoms with E-state index in [9.17, 15) is 0 Å². The van der Waals surface area contributed by atoms with Crippen LogP contribution in [0.2, 0.25) is 0 Å². The fourth-order valence-corrected chi connectivity index (χ4v) is 3.62. The summed E-state index contributed by atoms with van der Waals surface area (Å²) in [5.74, 6) is 0. The van der Waals surface area contributed by atoms with Gasteiger partial charge in [0.2, 0.25) is 0 Å². The summed E-state index contributed by atoms with van der Waals surface area (Å²) in [4.78, 5) is 1.57. The largest absolute Gasteiger partial charge is 0.384 e. The molecule has 0 saturated carbocycles. The van der Waals surface area contributed by atoms with Crippen molar-refractivity contribution in [2.75, 3.05) is 20.3 Å². The fraction of sp³-hybridized carbons (Fsp3) is 0.333. The van der Waals surface area contributed by atoms with E-state index >= 15 is 0 Å². The zero-order valence-corrected chi connectivity index (χ0v) is 16.5. The Morgan fingerprint density at radius 2 is 1.70 bits per heavy atom. The van der Waals surface area contributed by atoms with Crippen LogP contribution in [0, 0.1) is 6.92 Å². The van der Waals surface area contributed by atoms with Crippen molar-refractivity contribution in [3.8, 4) is 0 Å². The van der Waals surface area contributed by atoms with Crippen LogP contribution in [0.15, 0.2) is 72.9 Å². The molecule has 3 nitrogen and oxygen atoms in total. The molecule has 1 N–H and O–H groups in total. The van der Waals surface area contributed by atoms with Crippen LogP contribution < -0.4 is 4.90 Å². The van der Waals surface area contributed by atoms with Gasteiger partial charge in [0, 0.05) is 31.8 Å². The van der Waals surface area contributed by atoms with Gasteiger partial charge in [-0.1, -0.05) is 60.2 Å². The van der Waals surface area contributed by atoms with Gasteiger partial charge in [-0.15, -0.1) is 0 Å². The minimum absolute atomic E-state index is 0.822. The number of methoxy groups -OCH3 is 1. The number of quaternary nitrogens is 1. The number of benzene rings is 2. The van der Waals surface area contributed by atoms with E-state index in [-0.39, 0.29) is 0 Å². The lowest BCUT2D eigenvalue weighted by molar-refractivity contribution is -0.928. The van der Waals surface area contributed by atoms with E-state index in [1.165, 1.54) is 22.4 Å². The summed E-state index contributed by atoms with van der Waals surface area (Å²) in [5.41, 5.74) is 5.45. The van der Waals surface area contributed by atoms with Gasteiger partial charge in [-0.25, -0.2) is 0 Å². The van der Waals surface area contributed by atoms with Crippen molar-refractivity contribution in [3.63, 3.8) is 0 Å². The van der Waals surface area contributed by atoms with Crippen LogP contribution in [-0.2, 0) is 24.4 Å². The van der Waals surface area contributed by atoms with E-state index in [0.29, 0.717) is 0 Å². The minimum Gasteiger partial charge on any atom is -0.384 e. The van der Waals surface area contributed by atoms with Crippen LogP contribution in [0.1, 0.15) is 28.8 Å². The number of hydrogen-bond donors (Lipinski definition) is 1. The number of nitrogens with zero attached hydrogens (tertiary/aromatic N) is 1. The predicted octanol–water partition coefficient (Wildman–Crippen LogP) is 3.47. The van der Waals surface area contributed by atoms with Crippen molar-refractivity contribution >= 4 is 0 Å². The molecule has 3 heteroatoms. The first kappa shape index (κ1) is 19.4. The number of rotatable bonds is 10. The SMILES string of the molecule is COCCC[NH+](Cc1ccccc1)Cc1cccn1Cc1cccc(C)c1. The second-order valence-corrected chi connectivity index (χ2v) is 7.30. The van der Waals surface area contributed by atoms with Crippen molar-refractivity contribution < 1.29 is 9.64 Å². The summed E-state index contributed by atoms with van der Waals surface area (Å²) in [6.45, 7) is 7.08. The maximum absolute atomic E-state index is 5.27. The fourth-order valence-electron chi connectivity index (χ4n) is 3.62. The molecule has 1 atom stereocenters. The van der Waals surface area contributed by atoms with Gasteiger partial charge in [-0.05, 0) is 24.6 Å². The number of aryl methyl sites for hydroxylation is 1. The van der Waals surface area contributed by atoms with Crippen molar-refractivity contribution in [2.24, 2.45) is 0 Å². The zero-order chi connectivity index (χ0) is 18.9. The van der Waals surface area contributed by atoms with Crippen LogP contribution in [0.3, 0.4) is 0 Å². The van der Waals surface area contributed by atoms with E-state index in [4.69, 9.17) is 4.74 Å². The molecule has 27 heavy (non-hydrogen) atoms. The highest BCUT2D eigenvalue weighted by molar-refractivity contribution is 5.23. The predicted molar refractivity (Wildman–Crippen MR) is 111 cm³/mol. The molecule has 0 bridgehead atoms. The van der Waals surface area contributed by atoms with Crippen LogP contribution in [0.25, 0.3) is 0 Å². The summed E-state index contributed by atoms with van der Waals surface area (Å²) in [7, 11) is 1.78. The maximum atomic E-state index is 5.27. The Morgan fingerprint density at radius 1 is 0.889 bits per heavy atom. The van der Waals surface area contributed by atoms with Gasteiger partial charge in [-0.3, -0.25) is 0 Å². The van der Waals surface area contributed by atoms with Crippen LogP contribution >= 0.6 is 0 Å². The topological polar surface area (TPSA) is 18.6 Å². The summed E-state index contributed by atoms with van der Waals surface area (Å²) < 4.78 is 7.66. The Morgan fingerprint density at radius 3 is 2.48 bits per heavy atom. The normalized spacial score (nSPS) is 12.2. The molecule has 2 aromatic carbocycles. The van der Waals surface area contributed by atoms with Crippen LogP contribution in [0.4, 0.5) is 0 Å². The minimum atomic E-state index is 0.822. The number of ether oxygens (including phenoxy) is 1. The van der Waals surface area contributed by atoms with Gasteiger partial charge in [-0.2, -0.15) is 0 Å². The molecular weight excluding hydrogens is 332 g/mol. The van der Waals surface area contributed by atoms with E-state index in [2.05, 4.69) is 84.4 Å². The van der Waals surface area contributed by atoms with Gasteiger partial charge in [0.1, 0.15) is 13.1 Å². The molecule has 0 aliphatic carbocycles. The molecule has 0 amide bonds. The molecule has 0 aliphatic rings. The third-order valence-corrected chi connectivity index (χ3v) is 4.97. The molecule has 1 heterocycles. The number of nitrogens with one attached hydrogen (secondary N) is 1. The zero-order valence-electron chi connectivity index (χ0n) is 16.5. The maximum Gasteiger partial charge on any atom is 0.118 e. The molecule has 0 radical (unpaired) electrons. The first-order valence-electron chi connectivity index (χ1n) is 9.80. The van der Waals surface area contributed by atoms with Crippen molar-refractivity contribution in [2.45, 2.75) is 33.0 Å². The molecule has 3 aromatic rings. The Bertz CT molecular complexity index is 810. The molecule has 3 rings (SSSR count). The Kier molecular flexibility index (Phi) is 7.26. The van der Waals surface area contributed by atoms with E-state index in [1.807, 2.05) is 0 Å². The second kappa shape index (κ2) is 10.1. The molecule has 0 aliphatic heterocycles. The molecular formula is C24H31N2O+. The van der Waals surface area contributed by atoms with Gasteiger partial charge >= 0.3 is 0 Å². The monoisotopic (exact) mass is 363 g/mol. The standard InChI is InChI=1S/C24H30N2O/c1-21-9-6-12-23(17-21)19-26-15-7-13-24(26)20-25(14-8-16-27-2)18-22-10-4-3-5-11-22/h3-7,9-13,15,17H,8,14,16,18-20H2,1-2H3/p+1. The molecule has 1 aromatic heterocycles. The first-order chi connectivity index (χ1) is 13.2. The lowest BCUT2D eigenvalue weighted by atomic mass is 10.1. The van der Waals surface area contributed by atoms with E-state index in [0.717, 1.165) is 39.2 Å². The molecule has 0 spiro atoms. The molecule has 0 saturated heterocycles. The molecule has 1 unspecified atom stereocenters. The summed E-state index contributed by atoms with van der Waals surface area (Å²) in [6.07, 6.45) is 3.28. The third kappa shape index (κ3) is 6.09. The Hall–Kier alpha value is -2.36. The van der Waals surface area contributed by atoms with Gasteiger partial charge in [0.25, 0.3) is 0 Å². The van der Waals surface area contributed by atoms with Gasteiger partial charge in [0.05, 0.1) is 18.8 Å². The number of hydrogen-bond acceptors (Lipinski definition) is 1. The quantitative estimate of drug-likeness (QED) is 0.547. The van der Waals surface area contributed by atoms with E-state index in [1.54, 1.807) is 12.0 Å². The van der Waals surface area contributed by atoms with Crippen molar-refractivity contribution in [3.05, 3.63) is 95.3 Å². The first-order valence-corrected chi connectivity index (χ1v) is 9.80. The van der Waals surface area contributed by atoms with Crippen molar-refractivity contribution in [1.82, 2.24) is 4.57 Å². The summed E-state index contributed by atoms with van der Waals surface area (Å²) in [5, 5.41) is 0. The highest BCUT2D eigenvalue weighted by atomic mass is 16.5. The highest BCUT2D eigenvalue weighted by Crippen LogP contribution is 2.09. The van der Waals surface area contributed by atoms with Gasteiger partial charge < -0.3 is 14.2 Å². The lowest BCUT2D eigenvalue weighted by Crippen LogP contribution is -3.09. The summed E-state index contributed by atoms with van der Waals surface area (Å²) in [6, 6.07) is 24.0. The third-order valence-electron chi connectivity index (χ3n) is 4.97. The van der Waals surface area contributed by atoms with Crippen molar-refractivity contribution in [1.29, 1.82) is 0 Å². The lowest BCUT2D eigenvalue weighted by Gasteiger charge is -2.21. The number of aromatic nitrogens is 1. The average molecular weight is 364 g/mol. The summed E-state index contributed by atoms with van der Waals surface area (Å²) >= 11 is 0. The van der Waals surface area contributed by atoms with Crippen LogP contribution in [0.5, 0.6) is 0 Å². The Balaban J connectivity index is 1.70. The smallest absolute Gasteiger partial charge is 0.118 e. The van der Waals surface area contributed by atoms with Crippen LogP contribution in [-0.4, -0.2) is 24.8 Å². The van der Waals surface area contributed by atoms with E-state index < -0.39 is 0 Å². The molecule has 0 fully saturated rings. The average Bonchev–Trinajstić information content (AvgIpc) is 3.09. The van der Waals surface area contributed by atoms with Gasteiger partial charge in [0.15, 0.2) is 0 Å². The second-order valence-electron chi connectivity index (χ2n) is 7.30. The highest BCUT2D eigenvalue weighted by Gasteiger charge is 2.13. The Labute approximate surface area is 163 Å². The molecule has 142 valence electrons.